The van der Waals surface area contributed by atoms with E-state index in [2.05, 4.69) is 35.9 Å². The van der Waals surface area contributed by atoms with Crippen molar-refractivity contribution < 1.29 is 8.83 Å². The number of thioether (sulfide) groups is 1. The minimum atomic E-state index is 0.646. The van der Waals surface area contributed by atoms with Crippen molar-refractivity contribution >= 4 is 22.9 Å². The molecule has 4 rings (SSSR count). The van der Waals surface area contributed by atoms with Crippen LogP contribution in [0.4, 0.5) is 0 Å². The summed E-state index contributed by atoms with van der Waals surface area (Å²) in [5.41, 5.74) is 5.97. The molecule has 120 valence electrons. The third-order valence-corrected chi connectivity index (χ3v) is 4.64. The van der Waals surface area contributed by atoms with Crippen molar-refractivity contribution in [2.45, 2.75) is 24.8 Å². The minimum absolute atomic E-state index is 0.646. The fraction of sp³-hybridized carbons (Fsp3) is 0.158. The molecule has 0 bridgehead atoms. The van der Waals surface area contributed by atoms with Crippen LogP contribution in [0.15, 0.2) is 62.8 Å². The number of benzene rings is 2. The molecule has 0 saturated carbocycles. The highest BCUT2D eigenvalue weighted by atomic mass is 32.2. The van der Waals surface area contributed by atoms with Crippen LogP contribution >= 0.6 is 11.8 Å². The number of para-hydroxylation sites is 2. The van der Waals surface area contributed by atoms with Crippen LogP contribution in [0.1, 0.15) is 16.8 Å². The van der Waals surface area contributed by atoms with Crippen molar-refractivity contribution in [1.29, 1.82) is 0 Å². The second-order valence-electron chi connectivity index (χ2n) is 5.70. The minimum Gasteiger partial charge on any atom is -0.444 e. The lowest BCUT2D eigenvalue weighted by molar-refractivity contribution is 0.489. The van der Waals surface area contributed by atoms with E-state index in [9.17, 15) is 0 Å². The van der Waals surface area contributed by atoms with Gasteiger partial charge in [-0.25, -0.2) is 9.97 Å². The molecule has 0 radical (unpaired) electrons. The van der Waals surface area contributed by atoms with Crippen LogP contribution in [0, 0.1) is 13.8 Å². The monoisotopic (exact) mass is 336 g/mol. The summed E-state index contributed by atoms with van der Waals surface area (Å²) < 4.78 is 11.4. The molecule has 0 amide bonds. The third-order valence-electron chi connectivity index (χ3n) is 3.78. The summed E-state index contributed by atoms with van der Waals surface area (Å²) in [6, 6.07) is 14.0. The van der Waals surface area contributed by atoms with Gasteiger partial charge in [-0.05, 0) is 37.6 Å². The van der Waals surface area contributed by atoms with Gasteiger partial charge >= 0.3 is 0 Å². The SMILES string of the molecule is Cc1ccc(-c2nc(CSc3nc4ccccc4o3)co2)c(C)c1. The zero-order valence-electron chi connectivity index (χ0n) is 13.4. The summed E-state index contributed by atoms with van der Waals surface area (Å²) >= 11 is 1.51. The molecule has 0 aliphatic rings. The summed E-state index contributed by atoms with van der Waals surface area (Å²) in [5, 5.41) is 0.646. The molecule has 0 saturated heterocycles. The summed E-state index contributed by atoms with van der Waals surface area (Å²) in [6.07, 6.45) is 1.70. The van der Waals surface area contributed by atoms with Gasteiger partial charge in [-0.2, -0.15) is 0 Å². The Morgan fingerprint density at radius 3 is 2.75 bits per heavy atom. The second kappa shape index (κ2) is 6.17. The average Bonchev–Trinajstić information content (AvgIpc) is 3.19. The van der Waals surface area contributed by atoms with Gasteiger partial charge in [0.25, 0.3) is 5.22 Å². The number of hydrogen-bond acceptors (Lipinski definition) is 5. The van der Waals surface area contributed by atoms with Crippen molar-refractivity contribution in [3.63, 3.8) is 0 Å². The van der Waals surface area contributed by atoms with Gasteiger partial charge in [0.1, 0.15) is 11.8 Å². The van der Waals surface area contributed by atoms with E-state index in [1.54, 1.807) is 6.26 Å². The molecule has 2 aromatic carbocycles. The lowest BCUT2D eigenvalue weighted by Crippen LogP contribution is -1.86. The smallest absolute Gasteiger partial charge is 0.257 e. The largest absolute Gasteiger partial charge is 0.444 e. The van der Waals surface area contributed by atoms with Crippen LogP contribution in [-0.4, -0.2) is 9.97 Å². The van der Waals surface area contributed by atoms with Gasteiger partial charge in [0.05, 0.1) is 5.69 Å². The molecule has 0 aliphatic carbocycles. The molecular weight excluding hydrogens is 320 g/mol. The highest BCUT2D eigenvalue weighted by Gasteiger charge is 2.11. The first-order chi connectivity index (χ1) is 11.7. The maximum absolute atomic E-state index is 5.71. The van der Waals surface area contributed by atoms with Crippen molar-refractivity contribution in [2.75, 3.05) is 0 Å². The van der Waals surface area contributed by atoms with Crippen molar-refractivity contribution in [2.24, 2.45) is 0 Å². The van der Waals surface area contributed by atoms with Crippen molar-refractivity contribution in [3.8, 4) is 11.5 Å². The fourth-order valence-corrected chi connectivity index (χ4v) is 3.31. The quantitative estimate of drug-likeness (QED) is 0.468. The Bertz CT molecular complexity index is 970. The molecular formula is C19H16N2O2S. The molecule has 0 aliphatic heterocycles. The lowest BCUT2D eigenvalue weighted by Gasteiger charge is -2.02. The van der Waals surface area contributed by atoms with E-state index in [0.29, 0.717) is 16.9 Å². The number of fused-ring (bicyclic) bond motifs is 1. The van der Waals surface area contributed by atoms with Crippen LogP contribution in [0.2, 0.25) is 0 Å². The number of hydrogen-bond donors (Lipinski definition) is 0. The number of aryl methyl sites for hydroxylation is 2. The molecule has 5 heteroatoms. The van der Waals surface area contributed by atoms with Crippen LogP contribution in [0.25, 0.3) is 22.6 Å². The van der Waals surface area contributed by atoms with Crippen LogP contribution in [0.3, 0.4) is 0 Å². The predicted octanol–water partition coefficient (Wildman–Crippen LogP) is 5.39. The highest BCUT2D eigenvalue weighted by Crippen LogP contribution is 2.28. The summed E-state index contributed by atoms with van der Waals surface area (Å²) in [7, 11) is 0. The molecule has 4 aromatic rings. The maximum atomic E-state index is 5.71. The number of nitrogens with zero attached hydrogens (tertiary/aromatic N) is 2. The van der Waals surface area contributed by atoms with Gasteiger partial charge in [-0.15, -0.1) is 0 Å². The summed E-state index contributed by atoms with van der Waals surface area (Å²) in [4.78, 5) is 9.04. The molecule has 0 fully saturated rings. The molecule has 0 spiro atoms. The fourth-order valence-electron chi connectivity index (χ4n) is 2.60. The topological polar surface area (TPSA) is 52.1 Å². The second-order valence-corrected chi connectivity index (χ2v) is 6.63. The Kier molecular flexibility index (Phi) is 3.86. The first kappa shape index (κ1) is 15.0. The van der Waals surface area contributed by atoms with E-state index in [1.807, 2.05) is 30.3 Å². The van der Waals surface area contributed by atoms with Gasteiger partial charge in [0.2, 0.25) is 5.89 Å². The first-order valence-electron chi connectivity index (χ1n) is 7.69. The molecule has 4 nitrogen and oxygen atoms in total. The Balaban J connectivity index is 1.50. The Hall–Kier alpha value is -2.53. The van der Waals surface area contributed by atoms with Crippen LogP contribution in [0.5, 0.6) is 0 Å². The van der Waals surface area contributed by atoms with Gasteiger partial charge < -0.3 is 8.83 Å². The summed E-state index contributed by atoms with van der Waals surface area (Å²) in [5.74, 6) is 1.31. The first-order valence-corrected chi connectivity index (χ1v) is 8.68. The third kappa shape index (κ3) is 2.95. The van der Waals surface area contributed by atoms with E-state index >= 15 is 0 Å². The Labute approximate surface area is 143 Å². The highest BCUT2D eigenvalue weighted by molar-refractivity contribution is 7.98. The average molecular weight is 336 g/mol. The van der Waals surface area contributed by atoms with Gasteiger partial charge in [0.15, 0.2) is 5.58 Å². The van der Waals surface area contributed by atoms with E-state index < -0.39 is 0 Å². The Morgan fingerprint density at radius 2 is 1.92 bits per heavy atom. The van der Waals surface area contributed by atoms with E-state index in [-0.39, 0.29) is 0 Å². The standard InChI is InChI=1S/C19H16N2O2S/c1-12-7-8-15(13(2)9-12)18-20-14(10-22-18)11-24-19-21-16-5-3-4-6-17(16)23-19/h3-10H,11H2,1-2H3. The van der Waals surface area contributed by atoms with E-state index in [0.717, 1.165) is 27.9 Å². The lowest BCUT2D eigenvalue weighted by atomic mass is 10.1. The van der Waals surface area contributed by atoms with Gasteiger partial charge in [-0.1, -0.05) is 41.6 Å². The molecule has 2 heterocycles. The maximum Gasteiger partial charge on any atom is 0.257 e. The van der Waals surface area contributed by atoms with Crippen molar-refractivity contribution in [1.82, 2.24) is 9.97 Å². The number of rotatable bonds is 4. The van der Waals surface area contributed by atoms with Crippen molar-refractivity contribution in [3.05, 3.63) is 65.5 Å². The number of aromatic nitrogens is 2. The summed E-state index contributed by atoms with van der Waals surface area (Å²) in [6.45, 7) is 4.15. The number of oxazole rings is 2. The molecule has 0 N–H and O–H groups in total. The Morgan fingerprint density at radius 1 is 1.04 bits per heavy atom. The normalized spacial score (nSPS) is 11.2. The zero-order chi connectivity index (χ0) is 16.5. The molecule has 0 atom stereocenters. The zero-order valence-corrected chi connectivity index (χ0v) is 14.3. The van der Waals surface area contributed by atoms with E-state index in [1.165, 1.54) is 17.3 Å². The molecule has 0 unspecified atom stereocenters. The molecule has 24 heavy (non-hydrogen) atoms. The van der Waals surface area contributed by atoms with Gasteiger partial charge in [-0.3, -0.25) is 0 Å². The van der Waals surface area contributed by atoms with Crippen LogP contribution < -0.4 is 0 Å². The van der Waals surface area contributed by atoms with Gasteiger partial charge in [0, 0.05) is 11.3 Å². The van der Waals surface area contributed by atoms with Crippen LogP contribution in [-0.2, 0) is 5.75 Å². The molecule has 2 aromatic heterocycles. The predicted molar refractivity (Wildman–Crippen MR) is 95.0 cm³/mol. The van der Waals surface area contributed by atoms with E-state index in [4.69, 9.17) is 8.83 Å².